The van der Waals surface area contributed by atoms with E-state index in [1.807, 2.05) is 12.1 Å². The van der Waals surface area contributed by atoms with Crippen molar-refractivity contribution >= 4 is 21.4 Å². The second-order valence-corrected chi connectivity index (χ2v) is 5.93. The summed E-state index contributed by atoms with van der Waals surface area (Å²) in [4.78, 5) is 0. The summed E-state index contributed by atoms with van der Waals surface area (Å²) >= 11 is 1.69. The van der Waals surface area contributed by atoms with Gasteiger partial charge in [-0.05, 0) is 29.8 Å². The van der Waals surface area contributed by atoms with Crippen LogP contribution in [-0.2, 0) is 6.61 Å². The van der Waals surface area contributed by atoms with E-state index < -0.39 is 0 Å². The van der Waals surface area contributed by atoms with Gasteiger partial charge in [-0.15, -0.1) is 11.3 Å². The lowest BCUT2D eigenvalue weighted by Crippen LogP contribution is -2.07. The number of nitrogens with two attached hydrogens (primary N) is 1. The molecule has 0 saturated carbocycles. The molecule has 0 aliphatic carbocycles. The summed E-state index contributed by atoms with van der Waals surface area (Å²) in [6, 6.07) is 12.7. The molecule has 4 heteroatoms. The Morgan fingerprint density at radius 3 is 2.81 bits per heavy atom. The molecule has 0 saturated heterocycles. The minimum Gasteiger partial charge on any atom is -0.489 e. The lowest BCUT2D eigenvalue weighted by molar-refractivity contribution is 0.306. The standard InChI is InChI=1S/C17H16FNOS/c1-11(19)14-7-6-13(8-16(14)18)20-9-12-10-21-17-5-3-2-4-15(12)17/h2-8,10-11H,9,19H2,1H3. The fraction of sp³-hybridized carbons (Fsp3) is 0.176. The Morgan fingerprint density at radius 2 is 2.05 bits per heavy atom. The lowest BCUT2D eigenvalue weighted by Gasteiger charge is -2.10. The molecule has 0 radical (unpaired) electrons. The van der Waals surface area contributed by atoms with Crippen molar-refractivity contribution in [3.63, 3.8) is 0 Å². The maximum Gasteiger partial charge on any atom is 0.131 e. The number of hydrogen-bond acceptors (Lipinski definition) is 3. The van der Waals surface area contributed by atoms with Gasteiger partial charge in [-0.2, -0.15) is 0 Å². The Labute approximate surface area is 127 Å². The lowest BCUT2D eigenvalue weighted by atomic mass is 10.1. The molecule has 0 aliphatic rings. The maximum absolute atomic E-state index is 13.9. The molecule has 108 valence electrons. The smallest absolute Gasteiger partial charge is 0.131 e. The average Bonchev–Trinajstić information content (AvgIpc) is 2.88. The highest BCUT2D eigenvalue weighted by Gasteiger charge is 2.09. The first-order valence-corrected chi connectivity index (χ1v) is 7.66. The van der Waals surface area contributed by atoms with Gasteiger partial charge in [0.2, 0.25) is 0 Å². The molecule has 2 N–H and O–H groups in total. The quantitative estimate of drug-likeness (QED) is 0.762. The van der Waals surface area contributed by atoms with Gasteiger partial charge >= 0.3 is 0 Å². The molecule has 21 heavy (non-hydrogen) atoms. The Hall–Kier alpha value is -1.91. The van der Waals surface area contributed by atoms with Crippen LogP contribution in [0.5, 0.6) is 5.75 Å². The van der Waals surface area contributed by atoms with Gasteiger partial charge in [0.05, 0.1) is 0 Å². The molecule has 0 aliphatic heterocycles. The van der Waals surface area contributed by atoms with Gasteiger partial charge in [0.25, 0.3) is 0 Å². The molecule has 0 fully saturated rings. The number of fused-ring (bicyclic) bond motifs is 1. The largest absolute Gasteiger partial charge is 0.489 e. The van der Waals surface area contributed by atoms with Gasteiger partial charge in [-0.1, -0.05) is 24.3 Å². The number of halogens is 1. The van der Waals surface area contributed by atoms with Crippen LogP contribution in [0.2, 0.25) is 0 Å². The summed E-state index contributed by atoms with van der Waals surface area (Å²) in [6.45, 7) is 2.19. The van der Waals surface area contributed by atoms with Crippen molar-refractivity contribution in [2.24, 2.45) is 5.73 Å². The summed E-state index contributed by atoms with van der Waals surface area (Å²) < 4.78 is 20.8. The van der Waals surface area contributed by atoms with Crippen molar-refractivity contribution < 1.29 is 9.13 Å². The molecule has 1 atom stereocenters. The number of benzene rings is 2. The number of hydrogen-bond donors (Lipinski definition) is 1. The molecule has 3 rings (SSSR count). The number of rotatable bonds is 4. The van der Waals surface area contributed by atoms with Crippen LogP contribution in [-0.4, -0.2) is 0 Å². The Balaban J connectivity index is 1.77. The molecule has 2 aromatic carbocycles. The molecule has 2 nitrogen and oxygen atoms in total. The summed E-state index contributed by atoms with van der Waals surface area (Å²) in [6.07, 6.45) is 0. The van der Waals surface area contributed by atoms with Crippen LogP contribution in [0.25, 0.3) is 10.1 Å². The van der Waals surface area contributed by atoms with Crippen molar-refractivity contribution in [1.82, 2.24) is 0 Å². The maximum atomic E-state index is 13.9. The Kier molecular flexibility index (Phi) is 3.90. The molecular weight excluding hydrogens is 285 g/mol. The first kappa shape index (κ1) is 14.0. The highest BCUT2D eigenvalue weighted by atomic mass is 32.1. The van der Waals surface area contributed by atoms with E-state index in [4.69, 9.17) is 10.5 Å². The minimum absolute atomic E-state index is 0.320. The predicted octanol–water partition coefficient (Wildman–Crippen LogP) is 4.64. The molecule has 0 amide bonds. The molecule has 1 unspecified atom stereocenters. The third-order valence-corrected chi connectivity index (χ3v) is 4.43. The first-order valence-electron chi connectivity index (χ1n) is 6.78. The number of thiophene rings is 1. The highest BCUT2D eigenvalue weighted by molar-refractivity contribution is 7.17. The van der Waals surface area contributed by atoms with E-state index in [-0.39, 0.29) is 11.9 Å². The fourth-order valence-corrected chi connectivity index (χ4v) is 3.22. The van der Waals surface area contributed by atoms with E-state index in [0.29, 0.717) is 17.9 Å². The van der Waals surface area contributed by atoms with Crippen LogP contribution in [0, 0.1) is 5.82 Å². The molecule has 3 aromatic rings. The zero-order valence-corrected chi connectivity index (χ0v) is 12.5. The van der Waals surface area contributed by atoms with Gasteiger partial charge in [0.1, 0.15) is 18.2 Å². The van der Waals surface area contributed by atoms with Crippen LogP contribution in [0.1, 0.15) is 24.1 Å². The summed E-state index contributed by atoms with van der Waals surface area (Å²) in [5.41, 5.74) is 7.32. The predicted molar refractivity (Wildman–Crippen MR) is 85.2 cm³/mol. The van der Waals surface area contributed by atoms with Gasteiger partial charge in [0, 0.05) is 27.9 Å². The fourth-order valence-electron chi connectivity index (χ4n) is 2.27. The summed E-state index contributed by atoms with van der Waals surface area (Å²) in [5, 5.41) is 3.27. The molecule has 0 spiro atoms. The van der Waals surface area contributed by atoms with E-state index in [1.54, 1.807) is 30.4 Å². The SMILES string of the molecule is CC(N)c1ccc(OCc2csc3ccccc23)cc1F. The second kappa shape index (κ2) is 5.84. The molecule has 0 bridgehead atoms. The average molecular weight is 301 g/mol. The Morgan fingerprint density at radius 1 is 1.24 bits per heavy atom. The van der Waals surface area contributed by atoms with Crippen molar-refractivity contribution in [3.8, 4) is 5.75 Å². The van der Waals surface area contributed by atoms with E-state index >= 15 is 0 Å². The monoisotopic (exact) mass is 301 g/mol. The topological polar surface area (TPSA) is 35.2 Å². The van der Waals surface area contributed by atoms with Crippen LogP contribution < -0.4 is 10.5 Å². The zero-order valence-electron chi connectivity index (χ0n) is 11.7. The van der Waals surface area contributed by atoms with Crippen molar-refractivity contribution in [2.45, 2.75) is 19.6 Å². The second-order valence-electron chi connectivity index (χ2n) is 5.02. The van der Waals surface area contributed by atoms with Crippen molar-refractivity contribution in [1.29, 1.82) is 0 Å². The number of ether oxygens (including phenoxy) is 1. The van der Waals surface area contributed by atoms with E-state index in [9.17, 15) is 4.39 Å². The van der Waals surface area contributed by atoms with Gasteiger partial charge < -0.3 is 10.5 Å². The van der Waals surface area contributed by atoms with Crippen molar-refractivity contribution in [2.75, 3.05) is 0 Å². The third kappa shape index (κ3) is 2.91. The summed E-state index contributed by atoms with van der Waals surface area (Å²) in [7, 11) is 0. The van der Waals surface area contributed by atoms with E-state index in [0.717, 1.165) is 5.56 Å². The van der Waals surface area contributed by atoms with Gasteiger partial charge in [-0.3, -0.25) is 0 Å². The molecular formula is C17H16FNOS. The van der Waals surface area contributed by atoms with E-state index in [1.165, 1.54) is 16.2 Å². The minimum atomic E-state index is -0.322. The molecule has 1 heterocycles. The first-order chi connectivity index (χ1) is 10.1. The van der Waals surface area contributed by atoms with Crippen LogP contribution in [0.4, 0.5) is 4.39 Å². The van der Waals surface area contributed by atoms with Crippen LogP contribution in [0.3, 0.4) is 0 Å². The normalized spacial score (nSPS) is 12.5. The van der Waals surface area contributed by atoms with Crippen LogP contribution in [0.15, 0.2) is 47.8 Å². The van der Waals surface area contributed by atoms with Crippen LogP contribution >= 0.6 is 11.3 Å². The zero-order chi connectivity index (χ0) is 14.8. The highest BCUT2D eigenvalue weighted by Crippen LogP contribution is 2.27. The molecule has 1 aromatic heterocycles. The van der Waals surface area contributed by atoms with E-state index in [2.05, 4.69) is 17.5 Å². The third-order valence-electron chi connectivity index (χ3n) is 3.42. The van der Waals surface area contributed by atoms with Gasteiger partial charge in [-0.25, -0.2) is 4.39 Å². The summed E-state index contributed by atoms with van der Waals surface area (Å²) in [5.74, 6) is 0.199. The Bertz CT molecular complexity index is 766. The van der Waals surface area contributed by atoms with Gasteiger partial charge in [0.15, 0.2) is 0 Å². The van der Waals surface area contributed by atoms with Crippen molar-refractivity contribution in [3.05, 3.63) is 64.8 Å².